The molecule has 0 unspecified atom stereocenters. The lowest BCUT2D eigenvalue weighted by Crippen LogP contribution is -2.38. The molecule has 5 N–H and O–H groups in total. The molecule has 0 rings (SSSR count). The molecule has 0 spiro atoms. The van der Waals surface area contributed by atoms with Gasteiger partial charge in [0.25, 0.3) is 0 Å². The number of hydrogen-bond acceptors (Lipinski definition) is 10. The van der Waals surface area contributed by atoms with Crippen molar-refractivity contribution in [1.29, 1.82) is 0 Å². The van der Waals surface area contributed by atoms with E-state index in [4.69, 9.17) is 19.3 Å². The Morgan fingerprint density at radius 2 is 0.974 bits per heavy atom. The monoisotopic (exact) mass is 558 g/mol. The normalized spacial score (nSPS) is 9.03. The van der Waals surface area contributed by atoms with Gasteiger partial charge in [0.2, 0.25) is 0 Å². The van der Waals surface area contributed by atoms with Crippen LogP contribution in [0.5, 0.6) is 0 Å². The van der Waals surface area contributed by atoms with Gasteiger partial charge in [0.15, 0.2) is 0 Å². The molecule has 0 radical (unpaired) electrons. The molecule has 15 nitrogen and oxygen atoms in total. The lowest BCUT2D eigenvalue weighted by molar-refractivity contribution is -0.137. The molecule has 0 fully saturated rings. The Labute approximate surface area is 226 Å². The predicted octanol–water partition coefficient (Wildman–Crippen LogP) is 2.73. The highest BCUT2D eigenvalue weighted by atomic mass is 16.6. The lowest BCUT2D eigenvalue weighted by atomic mass is 10.3. The molecule has 4 amide bonds. The molecule has 0 bridgehead atoms. The van der Waals surface area contributed by atoms with Crippen LogP contribution in [0.1, 0.15) is 56.4 Å². The van der Waals surface area contributed by atoms with E-state index in [0.717, 1.165) is 0 Å². The molecule has 0 aromatic heterocycles. The molecule has 0 aliphatic carbocycles. The van der Waals surface area contributed by atoms with Crippen molar-refractivity contribution in [3.63, 3.8) is 0 Å². The van der Waals surface area contributed by atoms with E-state index in [2.05, 4.69) is 30.7 Å². The second-order valence-corrected chi connectivity index (χ2v) is 6.34. The number of ether oxygens (including phenoxy) is 5. The first-order chi connectivity index (χ1) is 16.3. The molecule has 0 atom stereocenters. The maximum Gasteiger partial charge on any atom is 0.407 e. The van der Waals surface area contributed by atoms with E-state index in [0.29, 0.717) is 0 Å². The van der Waals surface area contributed by atoms with Gasteiger partial charge in [-0.05, 0) is 20.3 Å². The van der Waals surface area contributed by atoms with E-state index in [-0.39, 0.29) is 102 Å². The Morgan fingerprint density at radius 1 is 0.632 bits per heavy atom. The standard InChI is InChI=1S/C19H34N4O11.4CH4/c1-3-30-16(26)20-7-9-22-18(28)33-12-14(32-11-5-6-15(24)25)13-34-19(29)23-10-8-21-17(27)31-4-2;;;;/h14H,3-13H2,1-2H3,(H,20,26)(H,21,27)(H,22,28)(H,23,29)(H,24,25);4*1H4. The molecule has 0 aromatic carbocycles. The zero-order valence-electron chi connectivity index (χ0n) is 19.4. The number of aliphatic carboxylic acids is 1. The van der Waals surface area contributed by atoms with Crippen LogP contribution in [0.2, 0.25) is 0 Å². The number of rotatable bonds is 17. The summed E-state index contributed by atoms with van der Waals surface area (Å²) in [5.41, 5.74) is 0. The topological polar surface area (TPSA) is 200 Å². The minimum absolute atomic E-state index is 0. The van der Waals surface area contributed by atoms with Crippen LogP contribution in [0.25, 0.3) is 0 Å². The summed E-state index contributed by atoms with van der Waals surface area (Å²) in [5.74, 6) is -0.987. The first kappa shape index (κ1) is 44.5. The molecular formula is C23H50N4O11. The Hall–Kier alpha value is -3.49. The van der Waals surface area contributed by atoms with Gasteiger partial charge in [0.1, 0.15) is 19.3 Å². The zero-order chi connectivity index (χ0) is 25.6. The largest absolute Gasteiger partial charge is 0.481 e. The van der Waals surface area contributed by atoms with Crippen LogP contribution in [-0.4, -0.2) is 101 Å². The SMILES string of the molecule is C.C.C.C.CCOC(=O)NCCNC(=O)OCC(COC(=O)NCCNC(=O)OCC)OCCCC(=O)O. The average Bonchev–Trinajstić information content (AvgIpc) is 2.78. The quantitative estimate of drug-likeness (QED) is 0.130. The van der Waals surface area contributed by atoms with Crippen molar-refractivity contribution in [1.82, 2.24) is 21.3 Å². The van der Waals surface area contributed by atoms with E-state index in [1.165, 1.54) is 0 Å². The number of carboxylic acids is 1. The highest BCUT2D eigenvalue weighted by Gasteiger charge is 2.16. The number of amides is 4. The third kappa shape index (κ3) is 28.7. The van der Waals surface area contributed by atoms with Crippen molar-refractivity contribution in [2.75, 3.05) is 59.2 Å². The number of alkyl carbamates (subject to hydrolysis) is 4. The smallest absolute Gasteiger partial charge is 0.407 e. The van der Waals surface area contributed by atoms with Crippen LogP contribution in [0.4, 0.5) is 19.2 Å². The maximum atomic E-state index is 11.8. The van der Waals surface area contributed by atoms with Crippen LogP contribution in [0.15, 0.2) is 0 Å². The third-order valence-electron chi connectivity index (χ3n) is 3.57. The molecule has 228 valence electrons. The van der Waals surface area contributed by atoms with E-state index in [9.17, 15) is 24.0 Å². The van der Waals surface area contributed by atoms with Gasteiger partial charge in [0.05, 0.1) is 13.2 Å². The molecular weight excluding hydrogens is 508 g/mol. The Morgan fingerprint density at radius 3 is 1.29 bits per heavy atom. The van der Waals surface area contributed by atoms with Gasteiger partial charge in [-0.2, -0.15) is 0 Å². The second kappa shape index (κ2) is 29.7. The summed E-state index contributed by atoms with van der Waals surface area (Å²) in [6.45, 7) is 3.66. The zero-order valence-corrected chi connectivity index (χ0v) is 19.4. The highest BCUT2D eigenvalue weighted by molar-refractivity contribution is 5.69. The summed E-state index contributed by atoms with van der Waals surface area (Å²) in [4.78, 5) is 56.4. The fourth-order valence-corrected chi connectivity index (χ4v) is 2.08. The summed E-state index contributed by atoms with van der Waals surface area (Å²) in [7, 11) is 0. The minimum atomic E-state index is -0.987. The van der Waals surface area contributed by atoms with E-state index in [1.54, 1.807) is 13.8 Å². The maximum absolute atomic E-state index is 11.8. The van der Waals surface area contributed by atoms with Crippen molar-refractivity contribution in [2.45, 2.75) is 62.5 Å². The molecule has 0 saturated heterocycles. The number of carbonyl (C=O) groups is 5. The van der Waals surface area contributed by atoms with Crippen molar-refractivity contribution in [3.8, 4) is 0 Å². The van der Waals surface area contributed by atoms with Gasteiger partial charge in [-0.15, -0.1) is 0 Å². The first-order valence-corrected chi connectivity index (χ1v) is 10.7. The summed E-state index contributed by atoms with van der Waals surface area (Å²) >= 11 is 0. The summed E-state index contributed by atoms with van der Waals surface area (Å²) < 4.78 is 24.8. The molecule has 38 heavy (non-hydrogen) atoms. The lowest BCUT2D eigenvalue weighted by Gasteiger charge is -2.18. The summed E-state index contributed by atoms with van der Waals surface area (Å²) in [6.07, 6.45) is -3.56. The van der Waals surface area contributed by atoms with Crippen molar-refractivity contribution in [3.05, 3.63) is 0 Å². The molecule has 0 aliphatic heterocycles. The Balaban J connectivity index is -0.000000907. The minimum Gasteiger partial charge on any atom is -0.481 e. The highest BCUT2D eigenvalue weighted by Crippen LogP contribution is 2.00. The molecule has 0 saturated carbocycles. The van der Waals surface area contributed by atoms with E-state index in [1.807, 2.05) is 0 Å². The van der Waals surface area contributed by atoms with Gasteiger partial charge < -0.3 is 50.1 Å². The van der Waals surface area contributed by atoms with Gasteiger partial charge in [-0.25, -0.2) is 19.2 Å². The van der Waals surface area contributed by atoms with Crippen LogP contribution in [0.3, 0.4) is 0 Å². The number of carbonyl (C=O) groups excluding carboxylic acids is 4. The fourth-order valence-electron chi connectivity index (χ4n) is 2.08. The van der Waals surface area contributed by atoms with Crippen molar-refractivity contribution >= 4 is 30.3 Å². The van der Waals surface area contributed by atoms with Crippen LogP contribution >= 0.6 is 0 Å². The molecule has 0 heterocycles. The number of nitrogens with one attached hydrogen (secondary N) is 4. The number of hydrogen-bond donors (Lipinski definition) is 5. The Kier molecular flexibility index (Phi) is 34.8. The molecule has 0 aliphatic rings. The predicted molar refractivity (Wildman–Crippen MR) is 142 cm³/mol. The van der Waals surface area contributed by atoms with Gasteiger partial charge in [-0.1, -0.05) is 29.7 Å². The van der Waals surface area contributed by atoms with Crippen LogP contribution < -0.4 is 21.3 Å². The second-order valence-electron chi connectivity index (χ2n) is 6.34. The number of carboxylic acid groups (broad SMARTS) is 1. The van der Waals surface area contributed by atoms with Crippen molar-refractivity contribution < 1.29 is 52.8 Å². The Bertz CT molecular complexity index is 594. The summed E-state index contributed by atoms with van der Waals surface area (Å²) in [5, 5.41) is 18.3. The summed E-state index contributed by atoms with van der Waals surface area (Å²) in [6, 6.07) is 0. The third-order valence-corrected chi connectivity index (χ3v) is 3.57. The van der Waals surface area contributed by atoms with Gasteiger partial charge >= 0.3 is 30.3 Å². The molecule has 15 heteroatoms. The first-order valence-electron chi connectivity index (χ1n) is 10.7. The van der Waals surface area contributed by atoms with E-state index < -0.39 is 36.4 Å². The van der Waals surface area contributed by atoms with Gasteiger partial charge in [0, 0.05) is 39.2 Å². The fraction of sp³-hybridized carbons (Fsp3) is 0.783. The van der Waals surface area contributed by atoms with E-state index >= 15 is 0 Å². The van der Waals surface area contributed by atoms with Crippen LogP contribution in [-0.2, 0) is 28.5 Å². The average molecular weight is 559 g/mol. The van der Waals surface area contributed by atoms with Crippen LogP contribution in [0, 0.1) is 0 Å². The van der Waals surface area contributed by atoms with Gasteiger partial charge in [-0.3, -0.25) is 4.79 Å². The molecule has 0 aromatic rings. The van der Waals surface area contributed by atoms with Crippen molar-refractivity contribution in [2.24, 2.45) is 0 Å².